The van der Waals surface area contributed by atoms with Crippen LogP contribution in [0.1, 0.15) is 18.1 Å². The van der Waals surface area contributed by atoms with Gasteiger partial charge in [-0.1, -0.05) is 24.3 Å². The van der Waals surface area contributed by atoms with Gasteiger partial charge in [-0.25, -0.2) is 4.79 Å². The Bertz CT molecular complexity index is 417. The summed E-state index contributed by atoms with van der Waals surface area (Å²) in [7, 11) is 0. The minimum Gasteiger partial charge on any atom is -0.392 e. The van der Waals surface area contributed by atoms with Crippen LogP contribution in [0.4, 0.5) is 4.79 Å². The van der Waals surface area contributed by atoms with Crippen molar-refractivity contribution < 1.29 is 14.7 Å². The molecule has 0 saturated heterocycles. The Labute approximate surface area is 105 Å². The third-order valence-electron chi connectivity index (χ3n) is 2.42. The van der Waals surface area contributed by atoms with E-state index < -0.39 is 12.1 Å². The van der Waals surface area contributed by atoms with E-state index in [2.05, 4.69) is 10.6 Å². The second-order valence-corrected chi connectivity index (χ2v) is 3.92. The number of carbonyl (C=O) groups is 2. The van der Waals surface area contributed by atoms with Crippen LogP contribution >= 0.6 is 0 Å². The number of urea groups is 1. The molecule has 0 radical (unpaired) electrons. The van der Waals surface area contributed by atoms with E-state index in [0.29, 0.717) is 6.54 Å². The van der Waals surface area contributed by atoms with Gasteiger partial charge in [0.05, 0.1) is 6.61 Å². The van der Waals surface area contributed by atoms with E-state index in [9.17, 15) is 9.59 Å². The molecule has 98 valence electrons. The first kappa shape index (κ1) is 14.0. The van der Waals surface area contributed by atoms with Crippen molar-refractivity contribution in [3.05, 3.63) is 35.4 Å². The van der Waals surface area contributed by atoms with Crippen LogP contribution in [0.15, 0.2) is 24.3 Å². The molecule has 18 heavy (non-hydrogen) atoms. The minimum atomic E-state index is -0.732. The van der Waals surface area contributed by atoms with Gasteiger partial charge in [-0.2, -0.15) is 0 Å². The number of amides is 3. The summed E-state index contributed by atoms with van der Waals surface area (Å²) in [6.07, 6.45) is 0. The molecule has 1 unspecified atom stereocenters. The lowest BCUT2D eigenvalue weighted by molar-refractivity contribution is -0.122. The maximum atomic E-state index is 11.6. The van der Waals surface area contributed by atoms with Crippen molar-refractivity contribution in [1.82, 2.24) is 10.6 Å². The monoisotopic (exact) mass is 251 g/mol. The Kier molecular flexibility index (Phi) is 5.13. The number of carbonyl (C=O) groups excluding carboxylic acids is 2. The van der Waals surface area contributed by atoms with Crippen LogP contribution in [0, 0.1) is 0 Å². The van der Waals surface area contributed by atoms with Gasteiger partial charge in [0.1, 0.15) is 6.04 Å². The van der Waals surface area contributed by atoms with Crippen molar-refractivity contribution in [3.8, 4) is 0 Å². The molecule has 0 aliphatic rings. The number of nitrogens with one attached hydrogen (secondary N) is 2. The zero-order valence-electron chi connectivity index (χ0n) is 10.1. The van der Waals surface area contributed by atoms with Crippen molar-refractivity contribution in [3.63, 3.8) is 0 Å². The van der Waals surface area contributed by atoms with E-state index >= 15 is 0 Å². The molecule has 0 aliphatic heterocycles. The van der Waals surface area contributed by atoms with Gasteiger partial charge in [0.2, 0.25) is 5.91 Å². The molecule has 6 nitrogen and oxygen atoms in total. The fraction of sp³-hybridized carbons (Fsp3) is 0.333. The van der Waals surface area contributed by atoms with Crippen LogP contribution in [0.3, 0.4) is 0 Å². The van der Waals surface area contributed by atoms with E-state index in [1.54, 1.807) is 19.1 Å². The first-order valence-electron chi connectivity index (χ1n) is 5.55. The van der Waals surface area contributed by atoms with Gasteiger partial charge in [0.25, 0.3) is 0 Å². The van der Waals surface area contributed by atoms with E-state index in [1.165, 1.54) is 0 Å². The standard InChI is InChI=1S/C12H17N3O3/c1-8(15-12(13)18)11(17)14-6-9-2-4-10(7-16)5-3-9/h2-5,8,16H,6-7H2,1H3,(H,14,17)(H3,13,15,18). The number of benzene rings is 1. The second kappa shape index (κ2) is 6.61. The SMILES string of the molecule is CC(NC(N)=O)C(=O)NCc1ccc(CO)cc1. The Morgan fingerprint density at radius 3 is 2.33 bits per heavy atom. The van der Waals surface area contributed by atoms with Crippen LogP contribution < -0.4 is 16.4 Å². The molecule has 5 N–H and O–H groups in total. The summed E-state index contributed by atoms with van der Waals surface area (Å²) in [5.41, 5.74) is 6.64. The number of aliphatic hydroxyl groups is 1. The van der Waals surface area contributed by atoms with Crippen molar-refractivity contribution in [2.45, 2.75) is 26.1 Å². The highest BCUT2D eigenvalue weighted by Crippen LogP contribution is 2.03. The number of aliphatic hydroxyl groups excluding tert-OH is 1. The molecule has 0 bridgehead atoms. The average molecular weight is 251 g/mol. The first-order valence-corrected chi connectivity index (χ1v) is 5.55. The van der Waals surface area contributed by atoms with Crippen molar-refractivity contribution in [2.75, 3.05) is 0 Å². The Morgan fingerprint density at radius 2 is 1.83 bits per heavy atom. The van der Waals surface area contributed by atoms with Crippen LogP contribution in [0.25, 0.3) is 0 Å². The van der Waals surface area contributed by atoms with Crippen LogP contribution in [-0.4, -0.2) is 23.1 Å². The Hall–Kier alpha value is -2.08. The van der Waals surface area contributed by atoms with Crippen LogP contribution in [0.5, 0.6) is 0 Å². The molecule has 1 rings (SSSR count). The van der Waals surface area contributed by atoms with Crippen molar-refractivity contribution in [1.29, 1.82) is 0 Å². The smallest absolute Gasteiger partial charge is 0.312 e. The Balaban J connectivity index is 2.44. The molecule has 0 aliphatic carbocycles. The zero-order valence-corrected chi connectivity index (χ0v) is 10.1. The largest absolute Gasteiger partial charge is 0.392 e. The summed E-state index contributed by atoms with van der Waals surface area (Å²) >= 11 is 0. The highest BCUT2D eigenvalue weighted by atomic mass is 16.3. The molecule has 6 heteroatoms. The van der Waals surface area contributed by atoms with E-state index in [1.807, 2.05) is 12.1 Å². The average Bonchev–Trinajstić information content (AvgIpc) is 2.35. The lowest BCUT2D eigenvalue weighted by Gasteiger charge is -2.12. The third kappa shape index (κ3) is 4.42. The fourth-order valence-corrected chi connectivity index (χ4v) is 1.38. The third-order valence-corrected chi connectivity index (χ3v) is 2.42. The van der Waals surface area contributed by atoms with Gasteiger partial charge in [-0.15, -0.1) is 0 Å². The molecular formula is C12H17N3O3. The molecule has 0 spiro atoms. The summed E-state index contributed by atoms with van der Waals surface area (Å²) in [6.45, 7) is 1.90. The summed E-state index contributed by atoms with van der Waals surface area (Å²) in [5.74, 6) is -0.306. The topological polar surface area (TPSA) is 104 Å². The number of hydrogen-bond acceptors (Lipinski definition) is 3. The van der Waals surface area contributed by atoms with Crippen LogP contribution in [-0.2, 0) is 17.9 Å². The zero-order chi connectivity index (χ0) is 13.5. The van der Waals surface area contributed by atoms with E-state index in [0.717, 1.165) is 11.1 Å². The van der Waals surface area contributed by atoms with Crippen LogP contribution in [0.2, 0.25) is 0 Å². The number of rotatable bonds is 5. The quantitative estimate of drug-likeness (QED) is 0.585. The normalized spacial score (nSPS) is 11.7. The summed E-state index contributed by atoms with van der Waals surface area (Å²) < 4.78 is 0. The number of hydrogen-bond donors (Lipinski definition) is 4. The van der Waals surface area contributed by atoms with Gasteiger partial charge in [0.15, 0.2) is 0 Å². The second-order valence-electron chi connectivity index (χ2n) is 3.92. The molecule has 0 fully saturated rings. The van der Waals surface area contributed by atoms with Gasteiger partial charge >= 0.3 is 6.03 Å². The summed E-state index contributed by atoms with van der Waals surface area (Å²) in [5, 5.41) is 13.8. The molecule has 1 atom stereocenters. The van der Waals surface area contributed by atoms with Gasteiger partial charge in [0, 0.05) is 6.54 Å². The molecule has 1 aromatic carbocycles. The highest BCUT2D eigenvalue weighted by molar-refractivity contribution is 5.86. The summed E-state index contributed by atoms with van der Waals surface area (Å²) in [6, 6.07) is 5.80. The predicted octanol–water partition coefficient (Wildman–Crippen LogP) is -0.148. The van der Waals surface area contributed by atoms with E-state index in [-0.39, 0.29) is 12.5 Å². The molecular weight excluding hydrogens is 234 g/mol. The van der Waals surface area contributed by atoms with Crippen molar-refractivity contribution >= 4 is 11.9 Å². The molecule has 0 aromatic heterocycles. The maximum absolute atomic E-state index is 11.6. The first-order chi connectivity index (χ1) is 8.52. The number of primary amides is 1. The lowest BCUT2D eigenvalue weighted by atomic mass is 10.1. The van der Waals surface area contributed by atoms with Gasteiger partial charge in [-0.3, -0.25) is 4.79 Å². The maximum Gasteiger partial charge on any atom is 0.312 e. The minimum absolute atomic E-state index is 0.00773. The summed E-state index contributed by atoms with van der Waals surface area (Å²) in [4.78, 5) is 22.1. The van der Waals surface area contributed by atoms with Gasteiger partial charge < -0.3 is 21.5 Å². The van der Waals surface area contributed by atoms with E-state index in [4.69, 9.17) is 10.8 Å². The molecule has 3 amide bonds. The molecule has 0 heterocycles. The lowest BCUT2D eigenvalue weighted by Crippen LogP contribution is -2.46. The predicted molar refractivity (Wildman–Crippen MR) is 66.4 cm³/mol. The Morgan fingerprint density at radius 1 is 1.28 bits per heavy atom. The van der Waals surface area contributed by atoms with Gasteiger partial charge in [-0.05, 0) is 18.1 Å². The number of nitrogens with two attached hydrogens (primary N) is 1. The molecule has 0 saturated carbocycles. The van der Waals surface area contributed by atoms with Crippen molar-refractivity contribution in [2.24, 2.45) is 5.73 Å². The fourth-order valence-electron chi connectivity index (χ4n) is 1.38. The highest BCUT2D eigenvalue weighted by Gasteiger charge is 2.13. The molecule has 1 aromatic rings.